The van der Waals surface area contributed by atoms with Crippen molar-refractivity contribution in [3.8, 4) is 23.0 Å². The molecule has 1 atom stereocenters. The van der Waals surface area contributed by atoms with Crippen LogP contribution < -0.4 is 9.30 Å². The van der Waals surface area contributed by atoms with Gasteiger partial charge in [0.05, 0.1) is 18.1 Å². The molecule has 0 aliphatic heterocycles. The molecule has 5 aromatic carbocycles. The third kappa shape index (κ3) is 6.33. The van der Waals surface area contributed by atoms with Crippen LogP contribution in [0.3, 0.4) is 0 Å². The quantitative estimate of drug-likeness (QED) is 0.118. The molecule has 12 rings (SSSR count). The Morgan fingerprint density at radius 3 is 2.17 bits per heavy atom. The van der Waals surface area contributed by atoms with Crippen LogP contribution in [0.2, 0.25) is 0 Å². The molecule has 0 N–H and O–H groups in total. The van der Waals surface area contributed by atoms with E-state index < -0.39 is 0 Å². The zero-order valence-corrected chi connectivity index (χ0v) is 35.8. The number of imidazole rings is 1. The molecule has 3 aromatic heterocycles. The Balaban J connectivity index is 0.00000408. The number of hydrogen-bond acceptors (Lipinski definition) is 2. The van der Waals surface area contributed by atoms with Gasteiger partial charge in [-0.05, 0) is 102 Å². The van der Waals surface area contributed by atoms with Crippen LogP contribution in [0.5, 0.6) is 11.5 Å². The van der Waals surface area contributed by atoms with Crippen LogP contribution >= 0.6 is 0 Å². The number of ether oxygens (including phenoxy) is 1. The fourth-order valence-corrected chi connectivity index (χ4v) is 11.4. The number of aryl methyl sites for hydroxylation is 1. The Kier molecular flexibility index (Phi) is 9.24. The van der Waals surface area contributed by atoms with Crippen LogP contribution in [0.1, 0.15) is 75.5 Å². The molecule has 0 saturated heterocycles. The monoisotopic (exact) mass is 939 g/mol. The average molecular weight is 940 g/mol. The second kappa shape index (κ2) is 14.4. The molecule has 4 bridgehead atoms. The summed E-state index contributed by atoms with van der Waals surface area (Å²) >= 11 is 0. The van der Waals surface area contributed by atoms with Gasteiger partial charge in [0.25, 0.3) is 0 Å². The van der Waals surface area contributed by atoms with Crippen molar-refractivity contribution >= 4 is 32.8 Å². The molecule has 4 aliphatic rings. The van der Waals surface area contributed by atoms with E-state index in [1.165, 1.54) is 48.6 Å². The Morgan fingerprint density at radius 1 is 0.707 bits per heavy atom. The van der Waals surface area contributed by atoms with E-state index in [1.807, 2.05) is 23.9 Å². The van der Waals surface area contributed by atoms with Crippen molar-refractivity contribution in [1.82, 2.24) is 14.1 Å². The summed E-state index contributed by atoms with van der Waals surface area (Å²) in [5.41, 5.74) is 8.97. The summed E-state index contributed by atoms with van der Waals surface area (Å²) in [7, 11) is 2.03. The van der Waals surface area contributed by atoms with Gasteiger partial charge in [-0.1, -0.05) is 105 Å². The van der Waals surface area contributed by atoms with Crippen molar-refractivity contribution in [3.63, 3.8) is 0 Å². The van der Waals surface area contributed by atoms with Gasteiger partial charge in [0, 0.05) is 50.2 Å². The number of rotatable bonds is 7. The molecule has 58 heavy (non-hydrogen) atoms. The van der Waals surface area contributed by atoms with Crippen LogP contribution in [0.4, 0.5) is 0 Å². The first-order valence-electron chi connectivity index (χ1n) is 20.9. The fraction of sp³-hybridized carbons (Fsp3) is 0.308. The zero-order valence-electron chi connectivity index (χ0n) is 33.6. The second-order valence-corrected chi connectivity index (χ2v) is 18.2. The predicted molar refractivity (Wildman–Crippen MR) is 227 cm³/mol. The molecule has 1 unspecified atom stereocenters. The van der Waals surface area contributed by atoms with Crippen LogP contribution in [0.15, 0.2) is 121 Å². The summed E-state index contributed by atoms with van der Waals surface area (Å²) in [4.78, 5) is 5.11. The van der Waals surface area contributed by atoms with E-state index in [-0.39, 0.29) is 26.5 Å². The smallest absolute Gasteiger partial charge is 0.242 e. The van der Waals surface area contributed by atoms with E-state index in [2.05, 4.69) is 158 Å². The van der Waals surface area contributed by atoms with Crippen molar-refractivity contribution in [3.05, 3.63) is 157 Å². The van der Waals surface area contributed by atoms with Gasteiger partial charge < -0.3 is 18.4 Å². The third-order valence-corrected chi connectivity index (χ3v) is 13.6. The van der Waals surface area contributed by atoms with Crippen LogP contribution in [0.25, 0.3) is 44.3 Å². The van der Waals surface area contributed by atoms with Gasteiger partial charge in [0.2, 0.25) is 6.33 Å². The molecule has 0 spiro atoms. The maximum absolute atomic E-state index is 6.76. The Morgan fingerprint density at radius 2 is 1.41 bits per heavy atom. The number of benzene rings is 5. The van der Waals surface area contributed by atoms with Crippen LogP contribution in [0, 0.1) is 48.0 Å². The number of hydrogen-bond donors (Lipinski definition) is 0. The van der Waals surface area contributed by atoms with Crippen molar-refractivity contribution < 1.29 is 30.4 Å². The molecule has 4 fully saturated rings. The molecule has 6 heteroatoms. The first-order chi connectivity index (χ1) is 27.7. The largest absolute Gasteiger partial charge is 0.510 e. The fourth-order valence-electron chi connectivity index (χ4n) is 11.4. The number of fused-ring (bicyclic) bond motifs is 4. The SMILES string of the molecule is C[n+]1[c-]n(-c2[c-]c(Oc3[c-]c4c(cc3)c3ccccc3n4-c3cc(C(c4ccccc4)C4C5CC6CC(C5)CC4C6)ccn3)cc(C(C)(C)C)c2)c2ccccc21.[Pt]. The maximum Gasteiger partial charge on any atom is 0.242 e. The van der Waals surface area contributed by atoms with Gasteiger partial charge in [-0.15, -0.1) is 29.7 Å². The van der Waals surface area contributed by atoms with E-state index in [9.17, 15) is 0 Å². The number of aromatic nitrogens is 4. The number of nitrogens with zero attached hydrogens (tertiary/aromatic N) is 4. The minimum absolute atomic E-state index is 0. The summed E-state index contributed by atoms with van der Waals surface area (Å²) in [5.74, 6) is 6.69. The van der Waals surface area contributed by atoms with Gasteiger partial charge in [0.1, 0.15) is 5.82 Å². The summed E-state index contributed by atoms with van der Waals surface area (Å²) in [6.45, 7) is 6.70. The average Bonchev–Trinajstić information content (AvgIpc) is 3.73. The molecule has 8 aromatic rings. The van der Waals surface area contributed by atoms with E-state index in [0.29, 0.717) is 23.3 Å². The van der Waals surface area contributed by atoms with E-state index in [0.717, 1.165) is 68.2 Å². The predicted octanol–water partition coefficient (Wildman–Crippen LogP) is 11.6. The Labute approximate surface area is 356 Å². The molecule has 4 aliphatic carbocycles. The van der Waals surface area contributed by atoms with Gasteiger partial charge in [0.15, 0.2) is 0 Å². The third-order valence-electron chi connectivity index (χ3n) is 13.6. The number of para-hydroxylation sites is 3. The Bertz CT molecular complexity index is 2780. The zero-order chi connectivity index (χ0) is 38.4. The van der Waals surface area contributed by atoms with E-state index in [4.69, 9.17) is 9.72 Å². The molecular weight excluding hydrogens is 892 g/mol. The Hall–Kier alpha value is -4.99. The molecular formula is C52H48N4OPt-2. The molecule has 0 amide bonds. The molecule has 294 valence electrons. The summed E-state index contributed by atoms with van der Waals surface area (Å²) in [6, 6.07) is 48.9. The van der Waals surface area contributed by atoms with Gasteiger partial charge in [-0.2, -0.15) is 17.7 Å². The van der Waals surface area contributed by atoms with Crippen molar-refractivity contribution in [2.45, 2.75) is 64.2 Å². The summed E-state index contributed by atoms with van der Waals surface area (Å²) < 4.78 is 13.2. The van der Waals surface area contributed by atoms with E-state index >= 15 is 0 Å². The first kappa shape index (κ1) is 37.3. The minimum Gasteiger partial charge on any atom is -0.510 e. The topological polar surface area (TPSA) is 35.9 Å². The van der Waals surface area contributed by atoms with Gasteiger partial charge in [-0.25, -0.2) is 4.98 Å². The van der Waals surface area contributed by atoms with Crippen LogP contribution in [-0.2, 0) is 33.5 Å². The minimum atomic E-state index is -0.113. The van der Waals surface area contributed by atoms with Gasteiger partial charge in [-0.3, -0.25) is 0 Å². The van der Waals surface area contributed by atoms with Gasteiger partial charge >= 0.3 is 0 Å². The molecule has 0 radical (unpaired) electrons. The normalized spacial score (nSPS) is 21.8. The molecule has 5 nitrogen and oxygen atoms in total. The second-order valence-electron chi connectivity index (χ2n) is 18.2. The maximum atomic E-state index is 6.76. The standard InChI is InChI=1S/C52H48N4O.Pt/c1-52(2,3)39-28-40(55-32-54(4)46-16-10-11-17-47(46)55)30-42(29-39)57-41-18-19-44-43-14-8-9-15-45(43)56(48(44)31-41)49-27-36(20-21-53-49)50(35-12-6-5-7-13-35)51-37-23-33-22-34(25-37)26-38(51)24-33;/h5-21,27-29,33-34,37-38,50-51H,22-26H2,1-4H3;/q-2;. The number of pyridine rings is 1. The van der Waals surface area contributed by atoms with Crippen molar-refractivity contribution in [2.75, 3.05) is 0 Å². The first-order valence-corrected chi connectivity index (χ1v) is 20.9. The van der Waals surface area contributed by atoms with Crippen molar-refractivity contribution in [2.24, 2.45) is 36.6 Å². The van der Waals surface area contributed by atoms with E-state index in [1.54, 1.807) is 0 Å². The molecule has 4 saturated carbocycles. The molecule has 3 heterocycles. The van der Waals surface area contributed by atoms with Crippen LogP contribution in [-0.4, -0.2) is 14.1 Å². The van der Waals surface area contributed by atoms with Crippen molar-refractivity contribution in [1.29, 1.82) is 0 Å². The summed E-state index contributed by atoms with van der Waals surface area (Å²) in [6.07, 6.45) is 12.6. The summed E-state index contributed by atoms with van der Waals surface area (Å²) in [5, 5.41) is 2.30.